The maximum absolute atomic E-state index is 13.1. The van der Waals surface area contributed by atoms with E-state index >= 15 is 0 Å². The summed E-state index contributed by atoms with van der Waals surface area (Å²) in [5.41, 5.74) is 1.70. The minimum atomic E-state index is -0.0451. The van der Waals surface area contributed by atoms with Crippen molar-refractivity contribution in [2.24, 2.45) is 23.2 Å². The molecule has 1 saturated heterocycles. The van der Waals surface area contributed by atoms with Crippen LogP contribution in [-0.2, 0) is 17.6 Å². The van der Waals surface area contributed by atoms with Crippen LogP contribution in [0.3, 0.4) is 0 Å². The van der Waals surface area contributed by atoms with Crippen molar-refractivity contribution in [1.29, 1.82) is 0 Å². The van der Waals surface area contributed by atoms with Gasteiger partial charge in [0.2, 0.25) is 5.91 Å². The van der Waals surface area contributed by atoms with Crippen molar-refractivity contribution < 1.29 is 9.59 Å². The second-order valence-electron chi connectivity index (χ2n) is 10.1. The quantitative estimate of drug-likeness (QED) is 0.817. The van der Waals surface area contributed by atoms with Crippen molar-refractivity contribution in [2.75, 3.05) is 19.6 Å². The Hall–Kier alpha value is -1.36. The molecule has 2 fully saturated rings. The van der Waals surface area contributed by atoms with E-state index in [-0.39, 0.29) is 17.7 Å². The largest absolute Gasteiger partial charge is 0.356 e. The van der Waals surface area contributed by atoms with E-state index in [9.17, 15) is 9.59 Å². The molecule has 2 unspecified atom stereocenters. The van der Waals surface area contributed by atoms with Crippen molar-refractivity contribution in [1.82, 2.24) is 10.2 Å². The minimum absolute atomic E-state index is 0.0451. The number of aryl methyl sites for hydroxylation is 1. The molecule has 154 valence electrons. The van der Waals surface area contributed by atoms with Crippen molar-refractivity contribution >= 4 is 23.2 Å². The van der Waals surface area contributed by atoms with Gasteiger partial charge < -0.3 is 10.2 Å². The van der Waals surface area contributed by atoms with Gasteiger partial charge in [-0.1, -0.05) is 20.8 Å². The smallest absolute Gasteiger partial charge is 0.263 e. The first kappa shape index (κ1) is 19.9. The minimum Gasteiger partial charge on any atom is -0.356 e. The Morgan fingerprint density at radius 3 is 2.71 bits per heavy atom. The third-order valence-electron chi connectivity index (χ3n) is 6.86. The summed E-state index contributed by atoms with van der Waals surface area (Å²) < 4.78 is 0. The van der Waals surface area contributed by atoms with Gasteiger partial charge in [0, 0.05) is 24.5 Å². The number of likely N-dealkylation sites (tertiary alicyclic amines) is 1. The van der Waals surface area contributed by atoms with E-state index < -0.39 is 0 Å². The molecule has 1 saturated carbocycles. The lowest BCUT2D eigenvalue weighted by Gasteiger charge is -2.33. The van der Waals surface area contributed by atoms with Crippen molar-refractivity contribution in [3.63, 3.8) is 0 Å². The first-order chi connectivity index (χ1) is 13.3. The fraction of sp³-hybridized carbons (Fsp3) is 0.739. The van der Waals surface area contributed by atoms with Gasteiger partial charge in [-0.25, -0.2) is 0 Å². The van der Waals surface area contributed by atoms with Crippen molar-refractivity contribution in [3.05, 3.63) is 21.4 Å². The molecule has 2 atom stereocenters. The number of carbonyl (C=O) groups is 2. The van der Waals surface area contributed by atoms with Crippen LogP contribution in [-0.4, -0.2) is 36.3 Å². The molecule has 0 radical (unpaired) electrons. The number of piperidine rings is 1. The highest BCUT2D eigenvalue weighted by atomic mass is 32.1. The predicted molar refractivity (Wildman–Crippen MR) is 114 cm³/mol. The monoisotopic (exact) mass is 402 g/mol. The SMILES string of the molecule is CC(C)(C)C1CCc2sc(C(=O)N3CCCC(C(=O)NCC4CC4)C3)cc2C1. The van der Waals surface area contributed by atoms with Gasteiger partial charge >= 0.3 is 0 Å². The number of fused-ring (bicyclic) bond motifs is 1. The number of carbonyl (C=O) groups excluding carboxylic acids is 2. The Balaban J connectivity index is 1.39. The zero-order valence-corrected chi connectivity index (χ0v) is 18.4. The molecular weight excluding hydrogens is 368 g/mol. The highest BCUT2D eigenvalue weighted by Gasteiger charge is 2.33. The Kier molecular flexibility index (Phi) is 5.56. The molecule has 4 nitrogen and oxygen atoms in total. The van der Waals surface area contributed by atoms with Gasteiger partial charge in [-0.2, -0.15) is 0 Å². The zero-order valence-electron chi connectivity index (χ0n) is 17.6. The molecule has 2 aliphatic carbocycles. The lowest BCUT2D eigenvalue weighted by molar-refractivity contribution is -0.126. The van der Waals surface area contributed by atoms with Crippen LogP contribution in [0.5, 0.6) is 0 Å². The van der Waals surface area contributed by atoms with Gasteiger partial charge in [-0.3, -0.25) is 9.59 Å². The maximum atomic E-state index is 13.1. The number of hydrogen-bond donors (Lipinski definition) is 1. The van der Waals surface area contributed by atoms with Crippen molar-refractivity contribution in [2.45, 2.75) is 65.7 Å². The molecule has 4 rings (SSSR count). The predicted octanol–water partition coefficient (Wildman–Crippen LogP) is 4.28. The van der Waals surface area contributed by atoms with Crippen LogP contribution in [0.4, 0.5) is 0 Å². The molecule has 1 aliphatic heterocycles. The van der Waals surface area contributed by atoms with E-state index in [0.717, 1.165) is 43.6 Å². The number of nitrogens with one attached hydrogen (secondary N) is 1. The molecular formula is C23H34N2O2S. The zero-order chi connectivity index (χ0) is 19.9. The molecule has 5 heteroatoms. The van der Waals surface area contributed by atoms with Crippen LogP contribution in [0.15, 0.2) is 6.07 Å². The van der Waals surface area contributed by atoms with Crippen LogP contribution in [0.25, 0.3) is 0 Å². The van der Waals surface area contributed by atoms with Crippen LogP contribution in [0, 0.1) is 23.2 Å². The Morgan fingerprint density at radius 1 is 1.21 bits per heavy atom. The van der Waals surface area contributed by atoms with Crippen molar-refractivity contribution in [3.8, 4) is 0 Å². The third kappa shape index (κ3) is 4.45. The average Bonchev–Trinajstić information content (AvgIpc) is 3.40. The van der Waals surface area contributed by atoms with E-state index in [0.29, 0.717) is 23.8 Å². The molecule has 1 N–H and O–H groups in total. The molecule has 1 aromatic rings. The summed E-state index contributed by atoms with van der Waals surface area (Å²) in [4.78, 5) is 29.8. The van der Waals surface area contributed by atoms with Gasteiger partial charge in [-0.05, 0) is 73.8 Å². The number of hydrogen-bond acceptors (Lipinski definition) is 3. The molecule has 1 aromatic heterocycles. The van der Waals surface area contributed by atoms with Crippen LogP contribution in [0.2, 0.25) is 0 Å². The fourth-order valence-electron chi connectivity index (χ4n) is 4.61. The summed E-state index contributed by atoms with van der Waals surface area (Å²) in [5.74, 6) is 1.61. The molecule has 0 aromatic carbocycles. The van der Waals surface area contributed by atoms with E-state index in [2.05, 4.69) is 32.2 Å². The maximum Gasteiger partial charge on any atom is 0.263 e. The fourth-order valence-corrected chi connectivity index (χ4v) is 5.79. The highest BCUT2D eigenvalue weighted by molar-refractivity contribution is 7.14. The van der Waals surface area contributed by atoms with E-state index in [4.69, 9.17) is 0 Å². The summed E-state index contributed by atoms with van der Waals surface area (Å²) in [6, 6.07) is 2.15. The van der Waals surface area contributed by atoms with Gasteiger partial charge in [-0.15, -0.1) is 11.3 Å². The van der Waals surface area contributed by atoms with Gasteiger partial charge in [0.15, 0.2) is 0 Å². The molecule has 0 spiro atoms. The van der Waals surface area contributed by atoms with Crippen LogP contribution < -0.4 is 5.32 Å². The Morgan fingerprint density at radius 2 is 2.00 bits per heavy atom. The first-order valence-corrected chi connectivity index (χ1v) is 11.8. The average molecular weight is 403 g/mol. The number of thiophene rings is 1. The standard InChI is InChI=1S/C23H34N2O2S/c1-23(2,3)18-8-9-19-17(11-18)12-20(28-19)22(27)25-10-4-5-16(14-25)21(26)24-13-15-6-7-15/h12,15-16,18H,4-11,13-14H2,1-3H3,(H,24,26). The Bertz CT molecular complexity index is 744. The normalized spacial score (nSPS) is 25.3. The Labute approximate surface area is 173 Å². The van der Waals surface area contributed by atoms with Gasteiger partial charge in [0.1, 0.15) is 0 Å². The van der Waals surface area contributed by atoms with Gasteiger partial charge in [0.05, 0.1) is 10.8 Å². The summed E-state index contributed by atoms with van der Waals surface area (Å²) in [6.45, 7) is 9.13. The van der Waals surface area contributed by atoms with E-state index in [1.54, 1.807) is 11.3 Å². The summed E-state index contributed by atoms with van der Waals surface area (Å²) >= 11 is 1.69. The second kappa shape index (κ2) is 7.81. The number of rotatable bonds is 4. The topological polar surface area (TPSA) is 49.4 Å². The van der Waals surface area contributed by atoms with Crippen LogP contribution in [0.1, 0.15) is 73.0 Å². The molecule has 2 heterocycles. The van der Waals surface area contributed by atoms with Gasteiger partial charge in [0.25, 0.3) is 5.91 Å². The molecule has 3 aliphatic rings. The highest BCUT2D eigenvalue weighted by Crippen LogP contribution is 2.40. The third-order valence-corrected chi connectivity index (χ3v) is 8.08. The van der Waals surface area contributed by atoms with Crippen LogP contribution >= 0.6 is 11.3 Å². The van der Waals surface area contributed by atoms with E-state index in [1.807, 2.05) is 4.90 Å². The lowest BCUT2D eigenvalue weighted by atomic mass is 9.72. The summed E-state index contributed by atoms with van der Waals surface area (Å²) in [6.07, 6.45) is 7.72. The molecule has 28 heavy (non-hydrogen) atoms. The second-order valence-corrected chi connectivity index (χ2v) is 11.3. The first-order valence-electron chi connectivity index (χ1n) is 11.0. The molecule has 2 amide bonds. The van der Waals surface area contributed by atoms with E-state index in [1.165, 1.54) is 29.7 Å². The summed E-state index contributed by atoms with van der Waals surface area (Å²) in [5, 5.41) is 3.10. The number of amides is 2. The number of nitrogens with zero attached hydrogens (tertiary/aromatic N) is 1. The lowest BCUT2D eigenvalue weighted by Crippen LogP contribution is -2.45. The molecule has 0 bridgehead atoms. The summed E-state index contributed by atoms with van der Waals surface area (Å²) in [7, 11) is 0.